The highest BCUT2D eigenvalue weighted by atomic mass is 16.5. The number of ether oxygens (including phenoxy) is 3. The summed E-state index contributed by atoms with van der Waals surface area (Å²) in [5, 5.41) is 2.87. The number of rotatable bonds is 8. The molecule has 2 aromatic rings. The number of benzene rings is 2. The predicted molar refractivity (Wildman–Crippen MR) is 105 cm³/mol. The molecule has 0 aromatic heterocycles. The maximum atomic E-state index is 11.9. The fourth-order valence-corrected chi connectivity index (χ4v) is 2.89. The lowest BCUT2D eigenvalue weighted by atomic mass is 10.2. The van der Waals surface area contributed by atoms with Crippen LogP contribution in [0.2, 0.25) is 0 Å². The van der Waals surface area contributed by atoms with Crippen LogP contribution in [0, 0.1) is 0 Å². The first-order valence-electron chi connectivity index (χ1n) is 9.17. The lowest BCUT2D eigenvalue weighted by Gasteiger charge is -2.11. The Balaban J connectivity index is 1.55. The van der Waals surface area contributed by atoms with Gasteiger partial charge >= 0.3 is 0 Å². The van der Waals surface area contributed by atoms with E-state index in [9.17, 15) is 4.79 Å². The van der Waals surface area contributed by atoms with Crippen LogP contribution in [0.4, 0.5) is 0 Å². The number of carbonyl (C=O) groups excluding carboxylic acids is 1. The Morgan fingerprint density at radius 1 is 1.22 bits per heavy atom. The molecule has 142 valence electrons. The summed E-state index contributed by atoms with van der Waals surface area (Å²) in [6.07, 6.45) is 5.49. The van der Waals surface area contributed by atoms with Gasteiger partial charge < -0.3 is 19.5 Å². The largest absolute Gasteiger partial charge is 0.493 e. The molecule has 1 atom stereocenters. The minimum atomic E-state index is -0.131. The number of methoxy groups -OCH3 is 1. The lowest BCUT2D eigenvalue weighted by molar-refractivity contribution is -0.116. The summed E-state index contributed by atoms with van der Waals surface area (Å²) in [7, 11) is 1.60. The Labute approximate surface area is 159 Å². The van der Waals surface area contributed by atoms with Gasteiger partial charge in [0.05, 0.1) is 13.2 Å². The van der Waals surface area contributed by atoms with Crippen molar-refractivity contribution in [3.63, 3.8) is 0 Å². The van der Waals surface area contributed by atoms with Gasteiger partial charge in [0.1, 0.15) is 6.61 Å². The molecule has 0 unspecified atom stereocenters. The Bertz CT molecular complexity index is 767. The van der Waals surface area contributed by atoms with Crippen LogP contribution in [-0.4, -0.2) is 32.3 Å². The molecule has 3 rings (SSSR count). The lowest BCUT2D eigenvalue weighted by Crippen LogP contribution is -2.30. The van der Waals surface area contributed by atoms with E-state index in [-0.39, 0.29) is 12.0 Å². The molecule has 5 heteroatoms. The second-order valence-electron chi connectivity index (χ2n) is 6.40. The van der Waals surface area contributed by atoms with E-state index in [1.807, 2.05) is 48.5 Å². The van der Waals surface area contributed by atoms with Crippen molar-refractivity contribution < 1.29 is 19.0 Å². The molecular formula is C22H25NO4. The van der Waals surface area contributed by atoms with E-state index in [4.69, 9.17) is 14.2 Å². The Kier molecular flexibility index (Phi) is 6.88. The molecule has 1 N–H and O–H groups in total. The fraction of sp³-hybridized carbons (Fsp3) is 0.318. The molecule has 0 spiro atoms. The summed E-state index contributed by atoms with van der Waals surface area (Å²) < 4.78 is 16.8. The quantitative estimate of drug-likeness (QED) is 0.725. The van der Waals surface area contributed by atoms with E-state index in [2.05, 4.69) is 5.32 Å². The van der Waals surface area contributed by atoms with Crippen LogP contribution in [0.3, 0.4) is 0 Å². The van der Waals surface area contributed by atoms with Gasteiger partial charge in [-0.3, -0.25) is 4.79 Å². The Morgan fingerprint density at radius 2 is 2.07 bits per heavy atom. The van der Waals surface area contributed by atoms with Crippen LogP contribution in [0.25, 0.3) is 6.08 Å². The Hall–Kier alpha value is -2.79. The van der Waals surface area contributed by atoms with Crippen molar-refractivity contribution in [2.45, 2.75) is 25.6 Å². The van der Waals surface area contributed by atoms with Gasteiger partial charge in [-0.15, -0.1) is 0 Å². The average molecular weight is 367 g/mol. The molecule has 1 aliphatic heterocycles. The molecule has 1 heterocycles. The molecule has 0 bridgehead atoms. The third-order valence-corrected chi connectivity index (χ3v) is 4.38. The van der Waals surface area contributed by atoms with Crippen LogP contribution < -0.4 is 14.8 Å². The number of amides is 1. The van der Waals surface area contributed by atoms with Gasteiger partial charge in [-0.25, -0.2) is 0 Å². The second kappa shape index (κ2) is 9.78. The Morgan fingerprint density at radius 3 is 2.81 bits per heavy atom. The van der Waals surface area contributed by atoms with Crippen molar-refractivity contribution in [1.82, 2.24) is 5.32 Å². The third-order valence-electron chi connectivity index (χ3n) is 4.38. The zero-order valence-corrected chi connectivity index (χ0v) is 15.5. The highest BCUT2D eigenvalue weighted by Gasteiger charge is 2.15. The molecule has 1 fully saturated rings. The SMILES string of the molecule is COc1cc(/C=C/C(=O)NC[C@@H]2CCCO2)ccc1OCc1ccccc1. The standard InChI is InChI=1S/C22H25NO4/c1-25-21-14-17(10-12-22(24)23-15-19-8-5-13-26-19)9-11-20(21)27-16-18-6-3-2-4-7-18/h2-4,6-7,9-12,14,19H,5,8,13,15-16H2,1H3,(H,23,24)/b12-10+/t19-/m0/s1. The molecule has 0 saturated carbocycles. The van der Waals surface area contributed by atoms with Gasteiger partial charge in [0.2, 0.25) is 5.91 Å². The van der Waals surface area contributed by atoms with Crippen LogP contribution in [0.1, 0.15) is 24.0 Å². The minimum Gasteiger partial charge on any atom is -0.493 e. The average Bonchev–Trinajstić information content (AvgIpc) is 3.24. The van der Waals surface area contributed by atoms with Crippen molar-refractivity contribution in [2.24, 2.45) is 0 Å². The van der Waals surface area contributed by atoms with Crippen molar-refractivity contribution in [3.8, 4) is 11.5 Å². The van der Waals surface area contributed by atoms with Gasteiger partial charge in [0.15, 0.2) is 11.5 Å². The first kappa shape index (κ1) is 19.0. The summed E-state index contributed by atoms with van der Waals surface area (Å²) >= 11 is 0. The van der Waals surface area contributed by atoms with Gasteiger partial charge in [-0.05, 0) is 42.2 Å². The fourth-order valence-electron chi connectivity index (χ4n) is 2.89. The molecule has 27 heavy (non-hydrogen) atoms. The third kappa shape index (κ3) is 5.86. The van der Waals surface area contributed by atoms with Gasteiger partial charge in [0, 0.05) is 19.2 Å². The van der Waals surface area contributed by atoms with Crippen LogP contribution >= 0.6 is 0 Å². The zero-order chi connectivity index (χ0) is 18.9. The number of hydrogen-bond acceptors (Lipinski definition) is 4. The minimum absolute atomic E-state index is 0.131. The molecule has 1 saturated heterocycles. The summed E-state index contributed by atoms with van der Waals surface area (Å²) in [6.45, 7) is 1.81. The molecule has 1 amide bonds. The van der Waals surface area contributed by atoms with Gasteiger partial charge in [-0.2, -0.15) is 0 Å². The van der Waals surface area contributed by atoms with Crippen LogP contribution in [-0.2, 0) is 16.1 Å². The molecule has 1 aliphatic rings. The van der Waals surface area contributed by atoms with Crippen molar-refractivity contribution in [2.75, 3.05) is 20.3 Å². The van der Waals surface area contributed by atoms with Gasteiger partial charge in [-0.1, -0.05) is 36.4 Å². The van der Waals surface area contributed by atoms with E-state index in [0.717, 1.165) is 30.6 Å². The highest BCUT2D eigenvalue weighted by Crippen LogP contribution is 2.29. The molecule has 5 nitrogen and oxygen atoms in total. The highest BCUT2D eigenvalue weighted by molar-refractivity contribution is 5.91. The molecule has 0 aliphatic carbocycles. The molecule has 0 radical (unpaired) electrons. The van der Waals surface area contributed by atoms with E-state index in [0.29, 0.717) is 24.7 Å². The van der Waals surface area contributed by atoms with Crippen molar-refractivity contribution in [3.05, 3.63) is 65.7 Å². The van der Waals surface area contributed by atoms with Crippen LogP contribution in [0.5, 0.6) is 11.5 Å². The zero-order valence-electron chi connectivity index (χ0n) is 15.5. The first-order chi connectivity index (χ1) is 13.2. The smallest absolute Gasteiger partial charge is 0.244 e. The monoisotopic (exact) mass is 367 g/mol. The normalized spacial score (nSPS) is 16.4. The summed E-state index contributed by atoms with van der Waals surface area (Å²) in [5.41, 5.74) is 1.96. The molecular weight excluding hydrogens is 342 g/mol. The second-order valence-corrected chi connectivity index (χ2v) is 6.40. The number of carbonyl (C=O) groups is 1. The summed E-state index contributed by atoms with van der Waals surface area (Å²) in [6, 6.07) is 15.6. The number of nitrogens with one attached hydrogen (secondary N) is 1. The van der Waals surface area contributed by atoms with E-state index >= 15 is 0 Å². The number of hydrogen-bond donors (Lipinski definition) is 1. The van der Waals surface area contributed by atoms with Gasteiger partial charge in [0.25, 0.3) is 0 Å². The molecule has 2 aromatic carbocycles. The summed E-state index contributed by atoms with van der Waals surface area (Å²) in [4.78, 5) is 11.9. The van der Waals surface area contributed by atoms with Crippen molar-refractivity contribution in [1.29, 1.82) is 0 Å². The van der Waals surface area contributed by atoms with E-state index in [1.54, 1.807) is 13.2 Å². The van der Waals surface area contributed by atoms with Crippen LogP contribution in [0.15, 0.2) is 54.6 Å². The first-order valence-corrected chi connectivity index (χ1v) is 9.17. The summed E-state index contributed by atoms with van der Waals surface area (Å²) in [5.74, 6) is 1.17. The van der Waals surface area contributed by atoms with Crippen molar-refractivity contribution >= 4 is 12.0 Å². The maximum absolute atomic E-state index is 11.9. The van der Waals surface area contributed by atoms with E-state index in [1.165, 1.54) is 6.08 Å². The topological polar surface area (TPSA) is 56.8 Å². The van der Waals surface area contributed by atoms with E-state index < -0.39 is 0 Å². The predicted octanol–water partition coefficient (Wildman–Crippen LogP) is 3.58. The maximum Gasteiger partial charge on any atom is 0.244 e.